The minimum atomic E-state index is 1.05. The number of hydrogen-bond donors (Lipinski definition) is 0. The maximum atomic E-state index is 2.53. The van der Waals surface area contributed by atoms with Crippen LogP contribution in [0.5, 0.6) is 0 Å². The van der Waals surface area contributed by atoms with E-state index in [4.69, 9.17) is 0 Å². The molecule has 0 spiro atoms. The van der Waals surface area contributed by atoms with Gasteiger partial charge in [0.25, 0.3) is 0 Å². The summed E-state index contributed by atoms with van der Waals surface area (Å²) in [6, 6.07) is 0. The van der Waals surface area contributed by atoms with Crippen molar-refractivity contribution in [3.05, 3.63) is 0 Å². The van der Waals surface area contributed by atoms with E-state index in [1.807, 2.05) is 0 Å². The van der Waals surface area contributed by atoms with Crippen LogP contribution in [0.25, 0.3) is 0 Å². The molecule has 3 rings (SSSR count). The van der Waals surface area contributed by atoms with Crippen molar-refractivity contribution in [3.63, 3.8) is 0 Å². The zero-order chi connectivity index (χ0) is 10.3. The summed E-state index contributed by atoms with van der Waals surface area (Å²) in [4.78, 5) is 0. The van der Waals surface area contributed by atoms with Gasteiger partial charge in [0.1, 0.15) is 6.71 Å². The van der Waals surface area contributed by atoms with E-state index in [-0.39, 0.29) is 0 Å². The molecule has 15 heavy (non-hydrogen) atoms. The maximum Gasteiger partial charge on any atom is 0.149 e. The van der Waals surface area contributed by atoms with Gasteiger partial charge in [-0.15, -0.1) is 0 Å². The lowest BCUT2D eigenvalue weighted by molar-refractivity contribution is 0.424. The predicted octanol–water partition coefficient (Wildman–Crippen LogP) is 4.78. The van der Waals surface area contributed by atoms with Gasteiger partial charge in [0, 0.05) is 0 Å². The zero-order valence-electron chi connectivity index (χ0n) is 10.3. The molecular weight excluding hydrogens is 179 g/mol. The summed E-state index contributed by atoms with van der Waals surface area (Å²) in [5.74, 6) is 4.46. The minimum absolute atomic E-state index is 1.05. The first-order valence-corrected chi connectivity index (χ1v) is 7.36. The molecule has 3 fully saturated rings. The van der Waals surface area contributed by atoms with E-state index in [2.05, 4.69) is 6.92 Å². The van der Waals surface area contributed by atoms with Gasteiger partial charge in [-0.25, -0.2) is 0 Å². The van der Waals surface area contributed by atoms with Crippen LogP contribution in [0.2, 0.25) is 17.5 Å². The van der Waals surface area contributed by atoms with Crippen molar-refractivity contribution in [2.75, 3.05) is 0 Å². The third-order valence-electron chi connectivity index (χ3n) is 5.81. The molecule has 84 valence electrons. The van der Waals surface area contributed by atoms with Crippen LogP contribution in [0, 0.1) is 5.92 Å². The van der Waals surface area contributed by atoms with Crippen LogP contribution >= 0.6 is 0 Å². The minimum Gasteiger partial charge on any atom is -0.0629 e. The molecule has 0 aromatic carbocycles. The van der Waals surface area contributed by atoms with Crippen molar-refractivity contribution in [2.24, 2.45) is 5.92 Å². The number of rotatable bonds is 1. The summed E-state index contributed by atoms with van der Waals surface area (Å²) in [6.07, 6.45) is 14.0. The molecule has 1 saturated carbocycles. The van der Waals surface area contributed by atoms with Gasteiger partial charge in [0.15, 0.2) is 0 Å². The SMILES string of the molecule is C[C@@H]1CCC[C@H]1B1C2CCCC1CCC2. The van der Waals surface area contributed by atoms with Gasteiger partial charge in [-0.1, -0.05) is 82.2 Å². The second kappa shape index (κ2) is 4.15. The Hall–Kier alpha value is 0.0649. The fourth-order valence-corrected chi connectivity index (χ4v) is 5.17. The summed E-state index contributed by atoms with van der Waals surface area (Å²) in [5, 5.41) is 0. The van der Waals surface area contributed by atoms with Crippen molar-refractivity contribution in [3.8, 4) is 0 Å². The van der Waals surface area contributed by atoms with Gasteiger partial charge < -0.3 is 0 Å². The molecule has 2 saturated heterocycles. The third-order valence-corrected chi connectivity index (χ3v) is 5.81. The number of fused-ring (bicyclic) bond motifs is 2. The Kier molecular flexibility index (Phi) is 2.83. The average Bonchev–Trinajstić information content (AvgIpc) is 2.63. The van der Waals surface area contributed by atoms with Crippen molar-refractivity contribution in [2.45, 2.75) is 82.2 Å². The van der Waals surface area contributed by atoms with E-state index in [1.54, 1.807) is 44.9 Å². The molecule has 2 atom stereocenters. The molecule has 1 aliphatic carbocycles. The molecule has 0 unspecified atom stereocenters. The van der Waals surface area contributed by atoms with Gasteiger partial charge in [-0.05, 0) is 5.92 Å². The molecule has 0 aromatic heterocycles. The van der Waals surface area contributed by atoms with Crippen LogP contribution < -0.4 is 0 Å². The van der Waals surface area contributed by atoms with Gasteiger partial charge in [0.2, 0.25) is 0 Å². The zero-order valence-corrected chi connectivity index (χ0v) is 10.3. The first-order chi connectivity index (χ1) is 7.36. The summed E-state index contributed by atoms with van der Waals surface area (Å²) >= 11 is 0. The summed E-state index contributed by atoms with van der Waals surface area (Å²) in [6.45, 7) is 3.69. The van der Waals surface area contributed by atoms with E-state index in [0.29, 0.717) is 0 Å². The summed E-state index contributed by atoms with van der Waals surface area (Å²) in [5.41, 5.74) is 0. The van der Waals surface area contributed by atoms with Crippen molar-refractivity contribution >= 4 is 6.71 Å². The highest BCUT2D eigenvalue weighted by molar-refractivity contribution is 6.64. The molecule has 2 heterocycles. The molecule has 2 aliphatic heterocycles. The lowest BCUT2D eigenvalue weighted by Gasteiger charge is -2.44. The Morgan fingerprint density at radius 2 is 1.27 bits per heavy atom. The lowest BCUT2D eigenvalue weighted by atomic mass is 9.21. The van der Waals surface area contributed by atoms with E-state index in [9.17, 15) is 0 Å². The molecule has 0 nitrogen and oxygen atoms in total. The largest absolute Gasteiger partial charge is 0.149 e. The number of hydrogen-bond acceptors (Lipinski definition) is 0. The van der Waals surface area contributed by atoms with Crippen LogP contribution in [0.4, 0.5) is 0 Å². The van der Waals surface area contributed by atoms with Crippen molar-refractivity contribution in [1.82, 2.24) is 0 Å². The van der Waals surface area contributed by atoms with E-state index in [0.717, 1.165) is 30.1 Å². The maximum absolute atomic E-state index is 2.53. The Balaban J connectivity index is 1.77. The Bertz CT molecular complexity index is 203. The van der Waals surface area contributed by atoms with Crippen molar-refractivity contribution < 1.29 is 0 Å². The van der Waals surface area contributed by atoms with E-state index < -0.39 is 0 Å². The molecule has 1 heteroatoms. The monoisotopic (exact) mass is 204 g/mol. The molecule has 0 aromatic rings. The van der Waals surface area contributed by atoms with Gasteiger partial charge in [-0.2, -0.15) is 0 Å². The van der Waals surface area contributed by atoms with Crippen LogP contribution in [0.3, 0.4) is 0 Å². The third kappa shape index (κ3) is 1.76. The fraction of sp³-hybridized carbons (Fsp3) is 1.00. The Labute approximate surface area is 95.3 Å². The van der Waals surface area contributed by atoms with Gasteiger partial charge in [0.05, 0.1) is 0 Å². The quantitative estimate of drug-likeness (QED) is 0.539. The highest BCUT2D eigenvalue weighted by atomic mass is 14.3. The summed E-state index contributed by atoms with van der Waals surface area (Å²) in [7, 11) is 0. The highest BCUT2D eigenvalue weighted by Gasteiger charge is 2.45. The molecule has 0 N–H and O–H groups in total. The van der Waals surface area contributed by atoms with Gasteiger partial charge >= 0.3 is 0 Å². The second-order valence-corrected chi connectivity index (χ2v) is 6.53. The average molecular weight is 204 g/mol. The Morgan fingerprint density at radius 3 is 1.73 bits per heavy atom. The molecule has 0 radical (unpaired) electrons. The Morgan fingerprint density at radius 1 is 0.733 bits per heavy atom. The normalized spacial score (nSPS) is 45.8. The molecule has 3 aliphatic rings. The van der Waals surface area contributed by atoms with E-state index in [1.165, 1.54) is 12.8 Å². The topological polar surface area (TPSA) is 0 Å². The predicted molar refractivity (Wildman–Crippen MR) is 67.7 cm³/mol. The van der Waals surface area contributed by atoms with Crippen molar-refractivity contribution in [1.29, 1.82) is 0 Å². The molecular formula is C14H25B. The molecule has 0 amide bonds. The van der Waals surface area contributed by atoms with Crippen LogP contribution in [0.1, 0.15) is 64.7 Å². The van der Waals surface area contributed by atoms with Crippen LogP contribution in [-0.4, -0.2) is 6.71 Å². The molecule has 2 bridgehead atoms. The standard InChI is InChI=1S/C14H25B/c1-11-5-2-10-14(11)15-12-6-3-7-13(15)9-4-8-12/h11-14H,2-10H2,1H3/t11-,12?,13?,14-/m1/s1. The second-order valence-electron chi connectivity index (χ2n) is 6.53. The summed E-state index contributed by atoms with van der Waals surface area (Å²) < 4.78 is 0. The van der Waals surface area contributed by atoms with Crippen LogP contribution in [0.15, 0.2) is 0 Å². The highest BCUT2D eigenvalue weighted by Crippen LogP contribution is 2.55. The van der Waals surface area contributed by atoms with Crippen LogP contribution in [-0.2, 0) is 0 Å². The fourth-order valence-electron chi connectivity index (χ4n) is 5.17. The first-order valence-electron chi connectivity index (χ1n) is 7.36. The van der Waals surface area contributed by atoms with E-state index >= 15 is 0 Å². The smallest absolute Gasteiger partial charge is 0.0629 e. The van der Waals surface area contributed by atoms with Gasteiger partial charge in [-0.3, -0.25) is 0 Å². The lowest BCUT2D eigenvalue weighted by Crippen LogP contribution is -2.39. The first kappa shape index (κ1) is 10.2.